The Morgan fingerprint density at radius 3 is 2.00 bits per heavy atom. The van der Waals surface area contributed by atoms with E-state index in [-0.39, 0.29) is 0 Å². The fourth-order valence-electron chi connectivity index (χ4n) is 6.18. The Labute approximate surface area is 193 Å². The van der Waals surface area contributed by atoms with Gasteiger partial charge in [0.1, 0.15) is 0 Å². The lowest BCUT2D eigenvalue weighted by atomic mass is 9.77. The molecule has 1 saturated carbocycles. The first-order valence-electron chi connectivity index (χ1n) is 12.1. The molecule has 2 atom stereocenters. The standard InChI is InChI=1S/C30H27N3/c1-2-12-22(25-18-32-27-15-7-4-10-20(25)27)30-29(23-13-5-8-16-28(23)33-30)21(11-1)24-17-31-26-14-6-3-9-19(24)26/h1-4,6-7,9-12,14-15,17-18,23,28,31-33H,5,8,13,16H2. The van der Waals surface area contributed by atoms with Crippen molar-refractivity contribution in [3.63, 3.8) is 0 Å². The van der Waals surface area contributed by atoms with Gasteiger partial charge in [-0.3, -0.25) is 0 Å². The molecule has 0 saturated heterocycles. The molecule has 0 radical (unpaired) electrons. The van der Waals surface area contributed by atoms with Gasteiger partial charge in [0.05, 0.1) is 0 Å². The Kier molecular flexibility index (Phi) is 4.23. The van der Waals surface area contributed by atoms with E-state index in [2.05, 4.69) is 101 Å². The first-order valence-corrected chi connectivity index (χ1v) is 12.1. The van der Waals surface area contributed by atoms with Crippen molar-refractivity contribution in [1.29, 1.82) is 0 Å². The van der Waals surface area contributed by atoms with Gasteiger partial charge in [0.15, 0.2) is 0 Å². The number of aromatic nitrogens is 2. The fourth-order valence-corrected chi connectivity index (χ4v) is 6.18. The van der Waals surface area contributed by atoms with Gasteiger partial charge in [-0.25, -0.2) is 0 Å². The van der Waals surface area contributed by atoms with Gasteiger partial charge in [-0.15, -0.1) is 0 Å². The van der Waals surface area contributed by atoms with Crippen LogP contribution in [0, 0.1) is 5.92 Å². The molecule has 3 aliphatic rings. The van der Waals surface area contributed by atoms with Crippen molar-refractivity contribution in [2.45, 2.75) is 31.7 Å². The van der Waals surface area contributed by atoms with E-state index < -0.39 is 0 Å². The molecule has 3 N–H and O–H groups in total. The Morgan fingerprint density at radius 1 is 0.667 bits per heavy atom. The zero-order valence-corrected chi connectivity index (χ0v) is 18.6. The number of allylic oxidation sites excluding steroid dienone is 6. The van der Waals surface area contributed by atoms with Gasteiger partial charge >= 0.3 is 0 Å². The summed E-state index contributed by atoms with van der Waals surface area (Å²) in [5, 5.41) is 6.59. The predicted octanol–water partition coefficient (Wildman–Crippen LogP) is 7.10. The summed E-state index contributed by atoms with van der Waals surface area (Å²) in [5.41, 5.74) is 10.4. The predicted molar refractivity (Wildman–Crippen MR) is 138 cm³/mol. The second kappa shape index (κ2) is 7.41. The summed E-state index contributed by atoms with van der Waals surface area (Å²) in [6, 6.07) is 17.8. The molecule has 4 aromatic rings. The quantitative estimate of drug-likeness (QED) is 0.312. The van der Waals surface area contributed by atoms with Crippen LogP contribution in [0.4, 0.5) is 0 Å². The van der Waals surface area contributed by atoms with Gasteiger partial charge in [-0.05, 0) is 36.1 Å². The van der Waals surface area contributed by atoms with E-state index in [4.69, 9.17) is 0 Å². The number of hydrogen-bond donors (Lipinski definition) is 3. The smallest absolute Gasteiger partial charge is 0.0465 e. The molecule has 2 unspecified atom stereocenters. The molecule has 7 rings (SSSR count). The minimum Gasteiger partial charge on any atom is -0.381 e. The summed E-state index contributed by atoms with van der Waals surface area (Å²) in [4.78, 5) is 7.00. The summed E-state index contributed by atoms with van der Waals surface area (Å²) in [7, 11) is 0. The second-order valence-corrected chi connectivity index (χ2v) is 9.47. The minimum atomic E-state index is 0.518. The molecule has 3 heterocycles. The van der Waals surface area contributed by atoms with E-state index >= 15 is 0 Å². The minimum absolute atomic E-state index is 0.518. The van der Waals surface area contributed by atoms with Crippen LogP contribution < -0.4 is 5.32 Å². The van der Waals surface area contributed by atoms with Crippen LogP contribution in [0.3, 0.4) is 0 Å². The second-order valence-electron chi connectivity index (χ2n) is 9.47. The van der Waals surface area contributed by atoms with E-state index in [1.807, 2.05) is 0 Å². The van der Waals surface area contributed by atoms with Gasteiger partial charge in [-0.2, -0.15) is 0 Å². The maximum atomic E-state index is 4.02. The lowest BCUT2D eigenvalue weighted by Gasteiger charge is -2.28. The van der Waals surface area contributed by atoms with Crippen LogP contribution in [0.5, 0.6) is 0 Å². The highest BCUT2D eigenvalue weighted by atomic mass is 15.0. The van der Waals surface area contributed by atoms with Crippen molar-refractivity contribution in [2.24, 2.45) is 5.92 Å². The highest BCUT2D eigenvalue weighted by molar-refractivity contribution is 6.03. The molecule has 0 amide bonds. The average molecular weight is 430 g/mol. The number of para-hydroxylation sites is 2. The monoisotopic (exact) mass is 429 g/mol. The van der Waals surface area contributed by atoms with E-state index in [0.717, 1.165) is 0 Å². The van der Waals surface area contributed by atoms with Crippen molar-refractivity contribution in [3.05, 3.63) is 108 Å². The largest absolute Gasteiger partial charge is 0.381 e. The highest BCUT2D eigenvalue weighted by Gasteiger charge is 2.39. The average Bonchev–Trinajstić information content (AvgIpc) is 3.56. The van der Waals surface area contributed by atoms with Crippen LogP contribution in [0.15, 0.2) is 96.5 Å². The van der Waals surface area contributed by atoms with E-state index in [9.17, 15) is 0 Å². The number of rotatable bonds is 2. The molecule has 0 bridgehead atoms. The van der Waals surface area contributed by atoms with Crippen LogP contribution in [0.1, 0.15) is 36.8 Å². The number of hydrogen-bond acceptors (Lipinski definition) is 1. The summed E-state index contributed by atoms with van der Waals surface area (Å²) in [6.45, 7) is 0. The van der Waals surface area contributed by atoms with Crippen LogP contribution in [-0.4, -0.2) is 16.0 Å². The number of benzene rings is 2. The van der Waals surface area contributed by atoms with Gasteiger partial charge < -0.3 is 15.3 Å². The van der Waals surface area contributed by atoms with Gasteiger partial charge in [0.25, 0.3) is 0 Å². The summed E-state index contributed by atoms with van der Waals surface area (Å²) < 4.78 is 0. The first-order chi connectivity index (χ1) is 16.4. The van der Waals surface area contributed by atoms with Crippen molar-refractivity contribution in [1.82, 2.24) is 15.3 Å². The summed E-state index contributed by atoms with van der Waals surface area (Å²) in [6.07, 6.45) is 18.5. The third-order valence-electron chi connectivity index (χ3n) is 7.69. The molecule has 33 heavy (non-hydrogen) atoms. The lowest BCUT2D eigenvalue weighted by molar-refractivity contribution is 0.344. The maximum Gasteiger partial charge on any atom is 0.0465 e. The van der Waals surface area contributed by atoms with Crippen LogP contribution in [0.2, 0.25) is 0 Å². The van der Waals surface area contributed by atoms with Crippen molar-refractivity contribution in [3.8, 4) is 0 Å². The molecule has 2 aliphatic carbocycles. The molecule has 162 valence electrons. The molecule has 0 spiro atoms. The Bertz CT molecular complexity index is 1500. The summed E-state index contributed by atoms with van der Waals surface area (Å²) >= 11 is 0. The molecule has 3 heteroatoms. The van der Waals surface area contributed by atoms with Gasteiger partial charge in [0.2, 0.25) is 0 Å². The van der Waals surface area contributed by atoms with E-state index in [1.54, 1.807) is 0 Å². The molecule has 3 nitrogen and oxygen atoms in total. The van der Waals surface area contributed by atoms with Crippen LogP contribution in [-0.2, 0) is 0 Å². The van der Waals surface area contributed by atoms with Crippen molar-refractivity contribution < 1.29 is 0 Å². The topological polar surface area (TPSA) is 43.6 Å². The number of nitrogens with one attached hydrogen (secondary N) is 3. The van der Waals surface area contributed by atoms with Crippen LogP contribution >= 0.6 is 0 Å². The number of H-pyrrole nitrogens is 2. The Balaban J connectivity index is 1.47. The maximum absolute atomic E-state index is 4.02. The van der Waals surface area contributed by atoms with Crippen molar-refractivity contribution in [2.75, 3.05) is 0 Å². The van der Waals surface area contributed by atoms with E-state index in [0.29, 0.717) is 12.0 Å². The molecular formula is C30H27N3. The molecule has 1 fully saturated rings. The SMILES string of the molecule is C1=CC=C(c2c[nH]c3ccccc23)C2=C(NC3CCCCC23)C(c2c[nH]c3ccccc23)=C1. The molecule has 2 aromatic heterocycles. The summed E-state index contributed by atoms with van der Waals surface area (Å²) in [5.74, 6) is 0.550. The van der Waals surface area contributed by atoms with Crippen molar-refractivity contribution >= 4 is 33.0 Å². The van der Waals surface area contributed by atoms with Gasteiger partial charge in [0, 0.05) is 68.6 Å². The number of fused-ring (bicyclic) bond motifs is 4. The van der Waals surface area contributed by atoms with Gasteiger partial charge in [-0.1, -0.05) is 73.5 Å². The molecule has 1 aliphatic heterocycles. The Morgan fingerprint density at radius 2 is 1.27 bits per heavy atom. The highest BCUT2D eigenvalue weighted by Crippen LogP contribution is 2.48. The lowest BCUT2D eigenvalue weighted by Crippen LogP contribution is -2.31. The zero-order valence-electron chi connectivity index (χ0n) is 18.6. The molecule has 2 aromatic carbocycles. The number of aromatic amines is 2. The third kappa shape index (κ3) is 2.88. The normalized spacial score (nSPS) is 22.4. The van der Waals surface area contributed by atoms with E-state index in [1.165, 1.54) is 81.0 Å². The third-order valence-corrected chi connectivity index (χ3v) is 7.69. The zero-order chi connectivity index (χ0) is 21.8. The molecular weight excluding hydrogens is 402 g/mol. The van der Waals surface area contributed by atoms with Crippen LogP contribution in [0.25, 0.3) is 33.0 Å². The first kappa shape index (κ1) is 18.8. The fraction of sp³-hybridized carbons (Fsp3) is 0.200. The Hall–Kier alpha value is -3.72.